The molecule has 0 aromatic carbocycles. The maximum absolute atomic E-state index is 11.2. The second-order valence-corrected chi connectivity index (χ2v) is 11.5. The van der Waals surface area contributed by atoms with Gasteiger partial charge in [0.2, 0.25) is 14.7 Å². The third-order valence-corrected chi connectivity index (χ3v) is 8.38. The highest BCUT2D eigenvalue weighted by atomic mass is 31.2. The van der Waals surface area contributed by atoms with Gasteiger partial charge in [0.25, 0.3) is 0 Å². The smallest absolute Gasteiger partial charge is 0.210 e. The van der Waals surface area contributed by atoms with Crippen molar-refractivity contribution in [3.05, 3.63) is 0 Å². The molecule has 0 bridgehead atoms. The van der Waals surface area contributed by atoms with Crippen LogP contribution in [0.3, 0.4) is 0 Å². The summed E-state index contributed by atoms with van der Waals surface area (Å²) in [6, 6.07) is 0. The van der Waals surface area contributed by atoms with E-state index < -0.39 is 33.7 Å². The van der Waals surface area contributed by atoms with Gasteiger partial charge in [0.05, 0.1) is 0 Å². The van der Waals surface area contributed by atoms with Gasteiger partial charge in [-0.1, -0.05) is 0 Å². The second-order valence-electron chi connectivity index (χ2n) is 3.60. The first-order chi connectivity index (χ1) is 5.84. The highest BCUT2D eigenvalue weighted by Gasteiger charge is 2.41. The van der Waals surface area contributed by atoms with Crippen LogP contribution in [-0.4, -0.2) is 46.2 Å². The molecule has 0 fully saturated rings. The lowest BCUT2D eigenvalue weighted by Crippen LogP contribution is -2.13. The first-order valence-electron chi connectivity index (χ1n) is 3.73. The number of hydrogen-bond acceptors (Lipinski definition) is 3. The van der Waals surface area contributed by atoms with Crippen LogP contribution < -0.4 is 0 Å². The Hall–Kier alpha value is 0.570. The minimum Gasteiger partial charge on any atom is -0.344 e. The van der Waals surface area contributed by atoms with Gasteiger partial charge in [0.15, 0.2) is 7.37 Å². The van der Waals surface area contributed by atoms with E-state index in [1.807, 2.05) is 0 Å². The molecule has 3 unspecified atom stereocenters. The highest BCUT2D eigenvalue weighted by molar-refractivity contribution is 7.77. The van der Waals surface area contributed by atoms with Gasteiger partial charge < -0.3 is 14.7 Å². The van der Waals surface area contributed by atoms with E-state index in [9.17, 15) is 13.7 Å². The summed E-state index contributed by atoms with van der Waals surface area (Å²) >= 11 is 0. The Morgan fingerprint density at radius 3 is 1.29 bits per heavy atom. The summed E-state index contributed by atoms with van der Waals surface area (Å²) in [5.41, 5.74) is 0. The summed E-state index contributed by atoms with van der Waals surface area (Å²) in [5, 5.41) is -1.52. The first kappa shape index (κ1) is 14.6. The number of rotatable bonds is 4. The van der Waals surface area contributed by atoms with Crippen molar-refractivity contribution in [2.24, 2.45) is 0 Å². The molecule has 86 valence electrons. The van der Waals surface area contributed by atoms with E-state index in [-0.39, 0.29) is 0 Å². The average molecular weight is 264 g/mol. The minimum atomic E-state index is -3.84. The first-order valence-corrected chi connectivity index (χ1v) is 10.4. The summed E-state index contributed by atoms with van der Waals surface area (Å²) in [4.78, 5) is 27.3. The lowest BCUT2D eigenvalue weighted by molar-refractivity contribution is 0.451. The molecule has 9 heteroatoms. The zero-order valence-electron chi connectivity index (χ0n) is 8.19. The van der Waals surface area contributed by atoms with Gasteiger partial charge in [0.1, 0.15) is 5.40 Å². The monoisotopic (exact) mass is 264 g/mol. The summed E-state index contributed by atoms with van der Waals surface area (Å²) in [6.07, 6.45) is -0.610. The normalized spacial score (nSPS) is 27.0. The van der Waals surface area contributed by atoms with Gasteiger partial charge in [-0.25, -0.2) is 0 Å². The van der Waals surface area contributed by atoms with Gasteiger partial charge in [-0.3, -0.25) is 13.7 Å². The standard InChI is InChI=1S/C5H15O6P3/c1-12(6,7)4-5(13(2,8)9)14(3,10)11/h5H,4H2,1-3H3,(H,6,7)(H,8,9)(H,10,11). The van der Waals surface area contributed by atoms with Crippen LogP contribution in [0, 0.1) is 0 Å². The van der Waals surface area contributed by atoms with E-state index in [1.54, 1.807) is 0 Å². The van der Waals surface area contributed by atoms with E-state index in [1.165, 1.54) is 0 Å². The lowest BCUT2D eigenvalue weighted by atomic mass is 10.9. The molecule has 0 saturated carbocycles. The molecule has 0 heterocycles. The van der Waals surface area contributed by atoms with Crippen LogP contribution in [-0.2, 0) is 13.7 Å². The molecule has 0 radical (unpaired) electrons. The molecule has 0 spiro atoms. The molecule has 0 saturated heterocycles. The molecule has 0 amide bonds. The minimum absolute atomic E-state index is 0.610. The van der Waals surface area contributed by atoms with Gasteiger partial charge in [-0.05, 0) is 0 Å². The van der Waals surface area contributed by atoms with Crippen LogP contribution in [0.5, 0.6) is 0 Å². The molecule has 0 aliphatic rings. The summed E-state index contributed by atoms with van der Waals surface area (Å²) < 4.78 is 33.5. The van der Waals surface area contributed by atoms with Gasteiger partial charge >= 0.3 is 0 Å². The van der Waals surface area contributed by atoms with Crippen molar-refractivity contribution < 1.29 is 28.4 Å². The van der Waals surface area contributed by atoms with Crippen molar-refractivity contribution in [1.29, 1.82) is 0 Å². The molecule has 14 heavy (non-hydrogen) atoms. The molecular weight excluding hydrogens is 249 g/mol. The van der Waals surface area contributed by atoms with E-state index in [4.69, 9.17) is 14.7 Å². The zero-order valence-corrected chi connectivity index (χ0v) is 10.9. The summed E-state index contributed by atoms with van der Waals surface area (Å²) in [7, 11) is -11.3. The third kappa shape index (κ3) is 5.45. The Bertz CT molecular complexity index is 309. The predicted molar refractivity (Wildman–Crippen MR) is 55.9 cm³/mol. The largest absolute Gasteiger partial charge is 0.344 e. The Morgan fingerprint density at radius 2 is 1.21 bits per heavy atom. The quantitative estimate of drug-likeness (QED) is 0.653. The van der Waals surface area contributed by atoms with Crippen LogP contribution in [0.4, 0.5) is 0 Å². The van der Waals surface area contributed by atoms with Crippen molar-refractivity contribution in [3.63, 3.8) is 0 Å². The molecule has 0 aliphatic heterocycles. The average Bonchev–Trinajstić information content (AvgIpc) is 1.75. The molecule has 0 rings (SSSR count). The topological polar surface area (TPSA) is 112 Å². The fourth-order valence-electron chi connectivity index (χ4n) is 1.00. The Labute approximate surface area is 82.7 Å². The third-order valence-electron chi connectivity index (χ3n) is 1.61. The highest BCUT2D eigenvalue weighted by Crippen LogP contribution is 2.64. The molecule has 3 N–H and O–H groups in total. The molecular formula is C5H15O6P3. The molecule has 6 nitrogen and oxygen atoms in total. The Kier molecular flexibility index (Phi) is 4.38. The van der Waals surface area contributed by atoms with Gasteiger partial charge in [-0.15, -0.1) is 0 Å². The van der Waals surface area contributed by atoms with Crippen molar-refractivity contribution >= 4 is 22.1 Å². The predicted octanol–water partition coefficient (Wildman–Crippen LogP) is 1.01. The Morgan fingerprint density at radius 1 is 0.929 bits per heavy atom. The van der Waals surface area contributed by atoms with Gasteiger partial charge in [0, 0.05) is 26.2 Å². The second kappa shape index (κ2) is 4.21. The van der Waals surface area contributed by atoms with Crippen LogP contribution in [0.1, 0.15) is 0 Å². The molecule has 3 atom stereocenters. The summed E-state index contributed by atoms with van der Waals surface area (Å²) in [5.74, 6) is 0. The maximum atomic E-state index is 11.2. The maximum Gasteiger partial charge on any atom is 0.210 e. The van der Waals surface area contributed by atoms with Crippen molar-refractivity contribution in [1.82, 2.24) is 0 Å². The van der Waals surface area contributed by atoms with E-state index >= 15 is 0 Å². The zero-order chi connectivity index (χ0) is 11.8. The van der Waals surface area contributed by atoms with Crippen LogP contribution in [0.2, 0.25) is 0 Å². The lowest BCUT2D eigenvalue weighted by Gasteiger charge is -2.23. The van der Waals surface area contributed by atoms with E-state index in [0.717, 1.165) is 20.0 Å². The fourth-order valence-corrected chi connectivity index (χ4v) is 9.03. The molecule has 0 aromatic heterocycles. The van der Waals surface area contributed by atoms with Gasteiger partial charge in [-0.2, -0.15) is 0 Å². The molecule has 0 aliphatic carbocycles. The molecule has 0 aromatic rings. The summed E-state index contributed by atoms with van der Waals surface area (Å²) in [6.45, 7) is 2.82. The van der Waals surface area contributed by atoms with Crippen molar-refractivity contribution in [2.75, 3.05) is 26.2 Å². The van der Waals surface area contributed by atoms with E-state index in [0.29, 0.717) is 0 Å². The van der Waals surface area contributed by atoms with Crippen molar-refractivity contribution in [2.45, 2.75) is 5.40 Å². The Balaban J connectivity index is 5.08. The fraction of sp³-hybridized carbons (Fsp3) is 1.00. The van der Waals surface area contributed by atoms with Crippen LogP contribution in [0.15, 0.2) is 0 Å². The van der Waals surface area contributed by atoms with Crippen molar-refractivity contribution in [3.8, 4) is 0 Å². The van der Waals surface area contributed by atoms with Crippen LogP contribution in [0.25, 0.3) is 0 Å². The van der Waals surface area contributed by atoms with Crippen LogP contribution >= 0.6 is 22.1 Å². The van der Waals surface area contributed by atoms with E-state index in [2.05, 4.69) is 0 Å². The number of hydrogen-bond donors (Lipinski definition) is 3. The SMILES string of the molecule is CP(=O)(O)CC(P(C)(=O)O)P(C)(=O)O.